The molecule has 0 atom stereocenters. The zero-order valence-corrected chi connectivity index (χ0v) is 15.4. The van der Waals surface area contributed by atoms with Crippen LogP contribution in [0.3, 0.4) is 0 Å². The first-order valence-corrected chi connectivity index (χ1v) is 10.0. The van der Waals surface area contributed by atoms with Crippen LogP contribution in [-0.2, 0) is 4.79 Å². The Kier molecular flexibility index (Phi) is 4.70. The SMILES string of the molecule is Cc1cc(N2CCCC2)ccc1NC(=O)CSc1nccn1C1CC1. The van der Waals surface area contributed by atoms with E-state index in [1.54, 1.807) is 0 Å². The van der Waals surface area contributed by atoms with Crippen LogP contribution < -0.4 is 10.2 Å². The molecule has 1 aliphatic carbocycles. The van der Waals surface area contributed by atoms with Crippen LogP contribution in [0.1, 0.15) is 37.3 Å². The summed E-state index contributed by atoms with van der Waals surface area (Å²) >= 11 is 1.51. The predicted molar refractivity (Wildman–Crippen MR) is 102 cm³/mol. The van der Waals surface area contributed by atoms with Gasteiger partial charge in [0.05, 0.1) is 5.75 Å². The fraction of sp³-hybridized carbons (Fsp3) is 0.474. The number of amides is 1. The summed E-state index contributed by atoms with van der Waals surface area (Å²) in [5, 5.41) is 3.98. The van der Waals surface area contributed by atoms with Crippen LogP contribution >= 0.6 is 11.8 Å². The average Bonchev–Trinajstić information content (AvgIpc) is 3.11. The minimum atomic E-state index is 0.0207. The van der Waals surface area contributed by atoms with Crippen molar-refractivity contribution in [3.63, 3.8) is 0 Å². The first kappa shape index (κ1) is 16.5. The highest BCUT2D eigenvalue weighted by molar-refractivity contribution is 7.99. The van der Waals surface area contributed by atoms with Gasteiger partial charge in [-0.25, -0.2) is 4.98 Å². The quantitative estimate of drug-likeness (QED) is 0.799. The number of nitrogens with zero attached hydrogens (tertiary/aromatic N) is 3. The van der Waals surface area contributed by atoms with Gasteiger partial charge in [-0.15, -0.1) is 0 Å². The third-order valence-electron chi connectivity index (χ3n) is 4.86. The van der Waals surface area contributed by atoms with Crippen LogP contribution in [0.15, 0.2) is 35.7 Å². The second kappa shape index (κ2) is 7.12. The van der Waals surface area contributed by atoms with Gasteiger partial charge in [-0.05, 0) is 56.4 Å². The molecule has 5 nitrogen and oxygen atoms in total. The van der Waals surface area contributed by atoms with Gasteiger partial charge in [0.15, 0.2) is 5.16 Å². The Morgan fingerprint density at radius 3 is 2.84 bits per heavy atom. The van der Waals surface area contributed by atoms with E-state index in [0.717, 1.165) is 29.5 Å². The van der Waals surface area contributed by atoms with Gasteiger partial charge >= 0.3 is 0 Å². The summed E-state index contributed by atoms with van der Waals surface area (Å²) in [6.45, 7) is 4.33. The lowest BCUT2D eigenvalue weighted by atomic mass is 10.1. The number of carbonyl (C=O) groups excluding carboxylic acids is 1. The highest BCUT2D eigenvalue weighted by atomic mass is 32.2. The lowest BCUT2D eigenvalue weighted by Crippen LogP contribution is -2.18. The summed E-state index contributed by atoms with van der Waals surface area (Å²) in [6.07, 6.45) is 8.81. The molecule has 1 aromatic carbocycles. The van der Waals surface area contributed by atoms with Crippen molar-refractivity contribution in [2.75, 3.05) is 29.1 Å². The standard InChI is InChI=1S/C19H24N4OS/c1-14-12-16(22-9-2-3-10-22)6-7-17(14)21-18(24)13-25-19-20-8-11-23(19)15-4-5-15/h6-8,11-12,15H,2-5,9-10,13H2,1H3,(H,21,24). The number of anilines is 2. The Bertz CT molecular complexity index is 763. The van der Waals surface area contributed by atoms with Crippen LogP contribution in [-0.4, -0.2) is 34.3 Å². The maximum Gasteiger partial charge on any atom is 0.234 e. The van der Waals surface area contributed by atoms with Crippen molar-refractivity contribution in [2.24, 2.45) is 0 Å². The van der Waals surface area contributed by atoms with Crippen molar-refractivity contribution in [3.05, 3.63) is 36.2 Å². The molecule has 132 valence electrons. The molecule has 2 heterocycles. The van der Waals surface area contributed by atoms with E-state index in [2.05, 4.69) is 38.8 Å². The van der Waals surface area contributed by atoms with E-state index in [9.17, 15) is 4.79 Å². The molecule has 1 saturated heterocycles. The normalized spacial score (nSPS) is 17.1. The lowest BCUT2D eigenvalue weighted by Gasteiger charge is -2.19. The molecule has 6 heteroatoms. The van der Waals surface area contributed by atoms with Gasteiger partial charge in [0.25, 0.3) is 0 Å². The number of hydrogen-bond donors (Lipinski definition) is 1. The third-order valence-corrected chi connectivity index (χ3v) is 5.84. The Morgan fingerprint density at radius 1 is 1.32 bits per heavy atom. The van der Waals surface area contributed by atoms with Gasteiger partial charge in [-0.3, -0.25) is 4.79 Å². The maximum atomic E-state index is 12.3. The monoisotopic (exact) mass is 356 g/mol. The number of aryl methyl sites for hydroxylation is 1. The van der Waals surface area contributed by atoms with Crippen LogP contribution in [0.25, 0.3) is 0 Å². The molecule has 1 amide bonds. The topological polar surface area (TPSA) is 50.2 Å². The first-order valence-electron chi connectivity index (χ1n) is 9.02. The van der Waals surface area contributed by atoms with E-state index in [-0.39, 0.29) is 5.91 Å². The van der Waals surface area contributed by atoms with Crippen LogP contribution in [0.4, 0.5) is 11.4 Å². The first-order chi connectivity index (χ1) is 12.2. The second-order valence-electron chi connectivity index (χ2n) is 6.88. The molecule has 2 aromatic rings. The summed E-state index contributed by atoms with van der Waals surface area (Å²) in [5.74, 6) is 0.407. The molecule has 0 spiro atoms. The average molecular weight is 356 g/mol. The van der Waals surface area contributed by atoms with Crippen LogP contribution in [0.2, 0.25) is 0 Å². The Balaban J connectivity index is 1.34. The fourth-order valence-electron chi connectivity index (χ4n) is 3.32. The van der Waals surface area contributed by atoms with Crippen molar-refractivity contribution >= 4 is 29.0 Å². The third kappa shape index (κ3) is 3.84. The lowest BCUT2D eigenvalue weighted by molar-refractivity contribution is -0.113. The zero-order chi connectivity index (χ0) is 17.2. The Labute approximate surface area is 152 Å². The van der Waals surface area contributed by atoms with Crippen molar-refractivity contribution in [2.45, 2.75) is 43.8 Å². The molecular formula is C19H24N4OS. The molecule has 25 heavy (non-hydrogen) atoms. The Morgan fingerprint density at radius 2 is 2.12 bits per heavy atom. The minimum Gasteiger partial charge on any atom is -0.372 e. The molecule has 1 aromatic heterocycles. The van der Waals surface area contributed by atoms with Gasteiger partial charge in [0, 0.05) is 42.9 Å². The van der Waals surface area contributed by atoms with E-state index >= 15 is 0 Å². The maximum absolute atomic E-state index is 12.3. The summed E-state index contributed by atoms with van der Waals surface area (Å²) in [7, 11) is 0. The molecule has 1 saturated carbocycles. The molecule has 1 aliphatic heterocycles. The summed E-state index contributed by atoms with van der Waals surface area (Å²) < 4.78 is 2.19. The Hall–Kier alpha value is -1.95. The fourth-order valence-corrected chi connectivity index (χ4v) is 4.15. The van der Waals surface area contributed by atoms with Gasteiger partial charge in [0.2, 0.25) is 5.91 Å². The predicted octanol–water partition coefficient (Wildman–Crippen LogP) is 3.86. The van der Waals surface area contributed by atoms with Crippen molar-refractivity contribution in [3.8, 4) is 0 Å². The number of thioether (sulfide) groups is 1. The molecule has 1 N–H and O–H groups in total. The van der Waals surface area contributed by atoms with Crippen molar-refractivity contribution in [1.29, 1.82) is 0 Å². The largest absolute Gasteiger partial charge is 0.372 e. The molecular weight excluding hydrogens is 332 g/mol. The number of carbonyl (C=O) groups is 1. The van der Waals surface area contributed by atoms with Gasteiger partial charge in [-0.1, -0.05) is 11.8 Å². The summed E-state index contributed by atoms with van der Waals surface area (Å²) in [4.78, 5) is 19.1. The smallest absolute Gasteiger partial charge is 0.234 e. The van der Waals surface area contributed by atoms with E-state index in [0.29, 0.717) is 11.8 Å². The number of nitrogens with one attached hydrogen (secondary N) is 1. The van der Waals surface area contributed by atoms with Crippen LogP contribution in [0, 0.1) is 6.92 Å². The molecule has 2 aliphatic rings. The molecule has 2 fully saturated rings. The number of benzene rings is 1. The van der Waals surface area contributed by atoms with Crippen molar-refractivity contribution in [1.82, 2.24) is 9.55 Å². The van der Waals surface area contributed by atoms with E-state index in [1.165, 1.54) is 43.1 Å². The molecule has 4 rings (SSSR count). The van der Waals surface area contributed by atoms with E-state index in [1.807, 2.05) is 18.5 Å². The van der Waals surface area contributed by atoms with E-state index in [4.69, 9.17) is 0 Å². The number of hydrogen-bond acceptors (Lipinski definition) is 4. The second-order valence-corrected chi connectivity index (χ2v) is 7.82. The van der Waals surface area contributed by atoms with Crippen molar-refractivity contribution < 1.29 is 4.79 Å². The van der Waals surface area contributed by atoms with Gasteiger partial charge < -0.3 is 14.8 Å². The highest BCUT2D eigenvalue weighted by Gasteiger charge is 2.25. The number of imidazole rings is 1. The minimum absolute atomic E-state index is 0.0207. The number of rotatable bonds is 6. The zero-order valence-electron chi connectivity index (χ0n) is 14.6. The van der Waals surface area contributed by atoms with E-state index < -0.39 is 0 Å². The van der Waals surface area contributed by atoms with Gasteiger partial charge in [0.1, 0.15) is 0 Å². The summed E-state index contributed by atoms with van der Waals surface area (Å²) in [5.41, 5.74) is 3.27. The molecule has 0 radical (unpaired) electrons. The number of aromatic nitrogens is 2. The summed E-state index contributed by atoms with van der Waals surface area (Å²) in [6, 6.07) is 6.90. The van der Waals surface area contributed by atoms with Gasteiger partial charge in [-0.2, -0.15) is 0 Å². The molecule has 0 unspecified atom stereocenters. The molecule has 0 bridgehead atoms. The highest BCUT2D eigenvalue weighted by Crippen LogP contribution is 2.37. The van der Waals surface area contributed by atoms with Crippen LogP contribution in [0.5, 0.6) is 0 Å².